The molecular formula is C25H27N3O7S. The van der Waals surface area contributed by atoms with Gasteiger partial charge in [0.1, 0.15) is 6.04 Å². The van der Waals surface area contributed by atoms with Crippen LogP contribution in [0, 0.1) is 13.8 Å². The predicted molar refractivity (Wildman–Crippen MR) is 129 cm³/mol. The van der Waals surface area contributed by atoms with Crippen LogP contribution in [0.3, 0.4) is 0 Å². The molecule has 36 heavy (non-hydrogen) atoms. The SMILES string of the molecule is Cc1ccc(S(=O)(=O)N2CCN(C(=O)CC[C@@H](C(=O)O)N3C(=O)c4ccccc4C3=O)CC2)c(C)c1. The zero-order valence-corrected chi connectivity index (χ0v) is 20.8. The second-order valence-corrected chi connectivity index (χ2v) is 10.9. The van der Waals surface area contributed by atoms with Crippen LogP contribution in [0.2, 0.25) is 0 Å². The van der Waals surface area contributed by atoms with E-state index in [1.54, 1.807) is 37.3 Å². The Labute approximate surface area is 209 Å². The molecule has 4 rings (SSSR count). The number of benzene rings is 2. The van der Waals surface area contributed by atoms with Crippen LogP contribution in [0.15, 0.2) is 47.4 Å². The fourth-order valence-corrected chi connectivity index (χ4v) is 6.31. The number of fused-ring (bicyclic) bond motifs is 1. The highest BCUT2D eigenvalue weighted by Crippen LogP contribution is 2.27. The van der Waals surface area contributed by atoms with Gasteiger partial charge in [0.25, 0.3) is 11.8 Å². The molecule has 1 atom stereocenters. The number of aryl methyl sites for hydroxylation is 2. The molecule has 0 aliphatic carbocycles. The van der Waals surface area contributed by atoms with Gasteiger partial charge in [-0.05, 0) is 44.0 Å². The molecule has 0 aromatic heterocycles. The molecule has 2 aromatic carbocycles. The summed E-state index contributed by atoms with van der Waals surface area (Å²) >= 11 is 0. The predicted octanol–water partition coefficient (Wildman–Crippen LogP) is 1.67. The normalized spacial score (nSPS) is 17.3. The fourth-order valence-electron chi connectivity index (χ4n) is 4.68. The minimum absolute atomic E-state index is 0.113. The van der Waals surface area contributed by atoms with E-state index < -0.39 is 33.8 Å². The second kappa shape index (κ2) is 9.82. The second-order valence-electron chi connectivity index (χ2n) is 8.97. The number of rotatable bonds is 7. The van der Waals surface area contributed by atoms with Crippen LogP contribution >= 0.6 is 0 Å². The Morgan fingerprint density at radius 2 is 1.53 bits per heavy atom. The maximum absolute atomic E-state index is 13.1. The first-order valence-corrected chi connectivity index (χ1v) is 13.0. The number of piperazine rings is 1. The standard InChI is InChI=1S/C25H27N3O7S/c1-16-7-9-21(17(2)15-16)36(34,35)27-13-11-26(12-14-27)22(29)10-8-20(25(32)33)28-23(30)18-5-3-4-6-19(18)24(28)31/h3-7,9,15,20H,8,10-14H2,1-2H3,(H,32,33)/t20-/m0/s1. The Kier molecular flexibility index (Phi) is 6.96. The van der Waals surface area contributed by atoms with Crippen LogP contribution < -0.4 is 0 Å². The molecular weight excluding hydrogens is 486 g/mol. The molecule has 0 bridgehead atoms. The van der Waals surface area contributed by atoms with E-state index in [2.05, 4.69) is 0 Å². The first kappa shape index (κ1) is 25.5. The summed E-state index contributed by atoms with van der Waals surface area (Å²) in [5.74, 6) is -3.12. The molecule has 11 heteroatoms. The van der Waals surface area contributed by atoms with Gasteiger partial charge in [0.2, 0.25) is 15.9 Å². The average Bonchev–Trinajstić information content (AvgIpc) is 3.09. The first-order valence-electron chi connectivity index (χ1n) is 11.6. The van der Waals surface area contributed by atoms with Gasteiger partial charge in [-0.2, -0.15) is 4.31 Å². The van der Waals surface area contributed by atoms with Gasteiger partial charge < -0.3 is 10.0 Å². The summed E-state index contributed by atoms with van der Waals surface area (Å²) in [4.78, 5) is 52.5. The largest absolute Gasteiger partial charge is 0.480 e. The van der Waals surface area contributed by atoms with Gasteiger partial charge in [0, 0.05) is 32.6 Å². The van der Waals surface area contributed by atoms with Crippen LogP contribution in [-0.2, 0) is 19.6 Å². The Morgan fingerprint density at radius 3 is 2.06 bits per heavy atom. The van der Waals surface area contributed by atoms with E-state index in [9.17, 15) is 32.7 Å². The van der Waals surface area contributed by atoms with Crippen molar-refractivity contribution in [1.29, 1.82) is 0 Å². The van der Waals surface area contributed by atoms with Crippen molar-refractivity contribution < 1.29 is 32.7 Å². The molecule has 2 aliphatic rings. The number of imide groups is 1. The molecule has 2 heterocycles. The van der Waals surface area contributed by atoms with Gasteiger partial charge >= 0.3 is 5.97 Å². The molecule has 2 aromatic rings. The molecule has 3 amide bonds. The van der Waals surface area contributed by atoms with E-state index in [1.807, 2.05) is 6.92 Å². The molecule has 0 unspecified atom stereocenters. The molecule has 0 radical (unpaired) electrons. The third kappa shape index (κ3) is 4.63. The van der Waals surface area contributed by atoms with Gasteiger partial charge in [-0.3, -0.25) is 19.3 Å². The Balaban J connectivity index is 1.38. The molecule has 10 nitrogen and oxygen atoms in total. The summed E-state index contributed by atoms with van der Waals surface area (Å²) in [6.07, 6.45) is -0.436. The fraction of sp³-hybridized carbons (Fsp3) is 0.360. The summed E-state index contributed by atoms with van der Waals surface area (Å²) in [7, 11) is -3.71. The summed E-state index contributed by atoms with van der Waals surface area (Å²) in [5, 5.41) is 9.70. The lowest BCUT2D eigenvalue weighted by atomic mass is 10.1. The number of carboxylic acid groups (broad SMARTS) is 1. The van der Waals surface area contributed by atoms with Crippen molar-refractivity contribution in [3.8, 4) is 0 Å². The van der Waals surface area contributed by atoms with Crippen LogP contribution in [0.1, 0.15) is 44.7 Å². The molecule has 1 N–H and O–H groups in total. The van der Waals surface area contributed by atoms with Gasteiger partial charge in [0.05, 0.1) is 16.0 Å². The lowest BCUT2D eigenvalue weighted by Gasteiger charge is -2.34. The Bertz CT molecular complexity index is 1310. The zero-order valence-electron chi connectivity index (χ0n) is 20.0. The minimum atomic E-state index is -3.71. The first-order chi connectivity index (χ1) is 17.0. The van der Waals surface area contributed by atoms with Crippen molar-refractivity contribution in [2.45, 2.75) is 37.6 Å². The number of carbonyl (C=O) groups is 4. The van der Waals surface area contributed by atoms with Gasteiger partial charge in [-0.1, -0.05) is 29.8 Å². The topological polar surface area (TPSA) is 132 Å². The number of aliphatic carboxylic acids is 1. The van der Waals surface area contributed by atoms with Crippen molar-refractivity contribution >= 4 is 33.7 Å². The van der Waals surface area contributed by atoms with Crippen LogP contribution in [0.4, 0.5) is 0 Å². The highest BCUT2D eigenvalue weighted by molar-refractivity contribution is 7.89. The molecule has 1 fully saturated rings. The van der Waals surface area contributed by atoms with Crippen LogP contribution in [0.5, 0.6) is 0 Å². The maximum atomic E-state index is 13.1. The summed E-state index contributed by atoms with van der Waals surface area (Å²) < 4.78 is 27.5. The van der Waals surface area contributed by atoms with Crippen molar-refractivity contribution in [1.82, 2.24) is 14.1 Å². The minimum Gasteiger partial charge on any atom is -0.480 e. The van der Waals surface area contributed by atoms with E-state index in [4.69, 9.17) is 0 Å². The Morgan fingerprint density at radius 1 is 0.944 bits per heavy atom. The third-order valence-corrected chi connectivity index (χ3v) is 8.65. The molecule has 0 saturated carbocycles. The monoisotopic (exact) mass is 513 g/mol. The summed E-state index contributed by atoms with van der Waals surface area (Å²) in [6, 6.07) is 9.76. The summed E-state index contributed by atoms with van der Waals surface area (Å²) in [6.45, 7) is 4.18. The number of hydrogen-bond donors (Lipinski definition) is 1. The lowest BCUT2D eigenvalue weighted by Crippen LogP contribution is -2.51. The average molecular weight is 514 g/mol. The van der Waals surface area contributed by atoms with E-state index >= 15 is 0 Å². The quantitative estimate of drug-likeness (QED) is 0.557. The van der Waals surface area contributed by atoms with Gasteiger partial charge in [-0.15, -0.1) is 0 Å². The number of hydrogen-bond acceptors (Lipinski definition) is 6. The van der Waals surface area contributed by atoms with Crippen molar-refractivity contribution in [3.05, 3.63) is 64.7 Å². The molecule has 0 spiro atoms. The van der Waals surface area contributed by atoms with Gasteiger partial charge in [-0.25, -0.2) is 13.2 Å². The number of amides is 3. The van der Waals surface area contributed by atoms with Gasteiger partial charge in [0.15, 0.2) is 0 Å². The van der Waals surface area contributed by atoms with Crippen LogP contribution in [-0.4, -0.2) is 83.5 Å². The summed E-state index contributed by atoms with van der Waals surface area (Å²) in [5.41, 5.74) is 1.89. The third-order valence-electron chi connectivity index (χ3n) is 6.59. The highest BCUT2D eigenvalue weighted by Gasteiger charge is 2.43. The molecule has 190 valence electrons. The number of nitrogens with zero attached hydrogens (tertiary/aromatic N) is 3. The lowest BCUT2D eigenvalue weighted by molar-refractivity contribution is -0.142. The number of carbonyl (C=O) groups excluding carboxylic acids is 3. The zero-order chi connectivity index (χ0) is 26.2. The molecule has 1 saturated heterocycles. The van der Waals surface area contributed by atoms with E-state index in [0.29, 0.717) is 10.5 Å². The maximum Gasteiger partial charge on any atom is 0.326 e. The number of carboxylic acids is 1. The number of sulfonamides is 1. The van der Waals surface area contributed by atoms with Crippen molar-refractivity contribution in [2.24, 2.45) is 0 Å². The van der Waals surface area contributed by atoms with Crippen molar-refractivity contribution in [3.63, 3.8) is 0 Å². The van der Waals surface area contributed by atoms with Crippen LogP contribution in [0.25, 0.3) is 0 Å². The Hall–Kier alpha value is -3.57. The smallest absolute Gasteiger partial charge is 0.326 e. The van der Waals surface area contributed by atoms with E-state index in [0.717, 1.165) is 5.56 Å². The molecule has 2 aliphatic heterocycles. The van der Waals surface area contributed by atoms with E-state index in [-0.39, 0.29) is 61.0 Å². The van der Waals surface area contributed by atoms with Crippen molar-refractivity contribution in [2.75, 3.05) is 26.2 Å². The van der Waals surface area contributed by atoms with E-state index in [1.165, 1.54) is 21.3 Å². The highest BCUT2D eigenvalue weighted by atomic mass is 32.2.